The van der Waals surface area contributed by atoms with Crippen LogP contribution < -0.4 is 10.1 Å². The molecule has 0 saturated heterocycles. The van der Waals surface area contributed by atoms with Crippen molar-refractivity contribution < 1.29 is 9.53 Å². The van der Waals surface area contributed by atoms with Gasteiger partial charge in [0.05, 0.1) is 6.04 Å². The third-order valence-corrected chi connectivity index (χ3v) is 5.58. The molecule has 0 aliphatic heterocycles. The van der Waals surface area contributed by atoms with Gasteiger partial charge in [-0.15, -0.1) is 0 Å². The SMILES string of the molecule is CCC(Oc1ccc2ccccc2c1)C(=O)NC(c1ccccc1)c1ccccc1C. The highest BCUT2D eigenvalue weighted by Crippen LogP contribution is 2.26. The van der Waals surface area contributed by atoms with Crippen molar-refractivity contribution in [2.75, 3.05) is 0 Å². The number of carbonyl (C=O) groups is 1. The fraction of sp³-hybridized carbons (Fsp3) is 0.179. The highest BCUT2D eigenvalue weighted by Gasteiger charge is 2.24. The van der Waals surface area contributed by atoms with Crippen LogP contribution >= 0.6 is 0 Å². The number of nitrogens with one attached hydrogen (secondary N) is 1. The second-order valence-corrected chi connectivity index (χ2v) is 7.73. The molecular weight excluding hydrogens is 382 g/mol. The lowest BCUT2D eigenvalue weighted by molar-refractivity contribution is -0.128. The highest BCUT2D eigenvalue weighted by molar-refractivity contribution is 5.85. The molecule has 4 aromatic carbocycles. The molecule has 31 heavy (non-hydrogen) atoms. The first-order chi connectivity index (χ1) is 15.2. The van der Waals surface area contributed by atoms with Crippen molar-refractivity contribution in [1.29, 1.82) is 0 Å². The molecule has 0 spiro atoms. The molecule has 2 unspecified atom stereocenters. The number of benzene rings is 4. The Hall–Kier alpha value is -3.59. The van der Waals surface area contributed by atoms with Gasteiger partial charge in [-0.25, -0.2) is 0 Å². The van der Waals surface area contributed by atoms with E-state index in [0.29, 0.717) is 12.2 Å². The molecular formula is C28H27NO2. The molecule has 4 rings (SSSR count). The second kappa shape index (κ2) is 9.48. The van der Waals surface area contributed by atoms with E-state index in [4.69, 9.17) is 4.74 Å². The average molecular weight is 410 g/mol. The van der Waals surface area contributed by atoms with E-state index in [1.165, 1.54) is 0 Å². The van der Waals surface area contributed by atoms with Crippen LogP contribution in [0.1, 0.15) is 36.1 Å². The molecule has 0 aliphatic rings. The van der Waals surface area contributed by atoms with Crippen molar-refractivity contribution in [2.24, 2.45) is 0 Å². The molecule has 1 amide bonds. The molecule has 156 valence electrons. The van der Waals surface area contributed by atoms with E-state index in [1.54, 1.807) is 0 Å². The van der Waals surface area contributed by atoms with Crippen molar-refractivity contribution >= 4 is 16.7 Å². The number of rotatable bonds is 7. The molecule has 0 aliphatic carbocycles. The Morgan fingerprint density at radius 3 is 2.26 bits per heavy atom. The fourth-order valence-electron chi connectivity index (χ4n) is 3.86. The Kier molecular flexibility index (Phi) is 6.32. The van der Waals surface area contributed by atoms with E-state index in [0.717, 1.165) is 27.5 Å². The average Bonchev–Trinajstić information content (AvgIpc) is 2.82. The van der Waals surface area contributed by atoms with E-state index in [9.17, 15) is 4.79 Å². The van der Waals surface area contributed by atoms with Crippen LogP contribution in [0, 0.1) is 6.92 Å². The van der Waals surface area contributed by atoms with Gasteiger partial charge in [0.1, 0.15) is 5.75 Å². The molecule has 0 bridgehead atoms. The minimum Gasteiger partial charge on any atom is -0.481 e. The lowest BCUT2D eigenvalue weighted by atomic mass is 9.94. The molecule has 0 aromatic heterocycles. The Morgan fingerprint density at radius 2 is 1.52 bits per heavy atom. The molecule has 4 aromatic rings. The van der Waals surface area contributed by atoms with Gasteiger partial charge >= 0.3 is 0 Å². The van der Waals surface area contributed by atoms with Crippen LogP contribution in [0.2, 0.25) is 0 Å². The van der Waals surface area contributed by atoms with Crippen LogP contribution in [0.5, 0.6) is 5.75 Å². The summed E-state index contributed by atoms with van der Waals surface area (Å²) in [6, 6.07) is 32.1. The topological polar surface area (TPSA) is 38.3 Å². The largest absolute Gasteiger partial charge is 0.481 e. The van der Waals surface area contributed by atoms with Crippen molar-refractivity contribution in [3.63, 3.8) is 0 Å². The summed E-state index contributed by atoms with van der Waals surface area (Å²) in [6.07, 6.45) is 0.00454. The number of carbonyl (C=O) groups excluding carboxylic acids is 1. The van der Waals surface area contributed by atoms with Crippen LogP contribution in [-0.4, -0.2) is 12.0 Å². The maximum Gasteiger partial charge on any atom is 0.261 e. The van der Waals surface area contributed by atoms with Crippen molar-refractivity contribution in [1.82, 2.24) is 5.32 Å². The Bertz CT molecular complexity index is 1170. The van der Waals surface area contributed by atoms with Gasteiger partial charge in [0.2, 0.25) is 0 Å². The lowest BCUT2D eigenvalue weighted by Gasteiger charge is -2.25. The van der Waals surface area contributed by atoms with Crippen molar-refractivity contribution in [3.05, 3.63) is 114 Å². The van der Waals surface area contributed by atoms with Crippen LogP contribution in [0.3, 0.4) is 0 Å². The smallest absolute Gasteiger partial charge is 0.261 e. The first-order valence-corrected chi connectivity index (χ1v) is 10.7. The van der Waals surface area contributed by atoms with Crippen LogP contribution in [0.25, 0.3) is 10.8 Å². The van der Waals surface area contributed by atoms with Crippen LogP contribution in [0.4, 0.5) is 0 Å². The molecule has 3 heteroatoms. The molecule has 0 radical (unpaired) electrons. The van der Waals surface area contributed by atoms with Crippen molar-refractivity contribution in [2.45, 2.75) is 32.4 Å². The van der Waals surface area contributed by atoms with Crippen molar-refractivity contribution in [3.8, 4) is 5.75 Å². The first kappa shape index (κ1) is 20.7. The van der Waals surface area contributed by atoms with Gasteiger partial charge in [0, 0.05) is 0 Å². The van der Waals surface area contributed by atoms with E-state index in [2.05, 4.69) is 30.4 Å². The lowest BCUT2D eigenvalue weighted by Crippen LogP contribution is -2.40. The van der Waals surface area contributed by atoms with Gasteiger partial charge in [-0.05, 0) is 52.9 Å². The zero-order valence-electron chi connectivity index (χ0n) is 17.9. The third kappa shape index (κ3) is 4.77. The number of fused-ring (bicyclic) bond motifs is 1. The first-order valence-electron chi connectivity index (χ1n) is 10.7. The summed E-state index contributed by atoms with van der Waals surface area (Å²) in [6.45, 7) is 4.04. The van der Waals surface area contributed by atoms with Crippen LogP contribution in [-0.2, 0) is 4.79 Å². The van der Waals surface area contributed by atoms with Crippen LogP contribution in [0.15, 0.2) is 97.1 Å². The number of amides is 1. The van der Waals surface area contributed by atoms with E-state index >= 15 is 0 Å². The van der Waals surface area contributed by atoms with Gasteiger partial charge in [-0.1, -0.05) is 91.9 Å². The predicted octanol–water partition coefficient (Wildman–Crippen LogP) is 6.21. The fourth-order valence-corrected chi connectivity index (χ4v) is 3.86. The third-order valence-electron chi connectivity index (χ3n) is 5.58. The molecule has 2 atom stereocenters. The van der Waals surface area contributed by atoms with E-state index < -0.39 is 6.10 Å². The zero-order chi connectivity index (χ0) is 21.6. The normalized spacial score (nSPS) is 12.8. The molecule has 1 N–H and O–H groups in total. The number of ether oxygens (including phenoxy) is 1. The second-order valence-electron chi connectivity index (χ2n) is 7.73. The van der Waals surface area contributed by atoms with Gasteiger partial charge < -0.3 is 10.1 Å². The molecule has 3 nitrogen and oxygen atoms in total. The number of hydrogen-bond donors (Lipinski definition) is 1. The molecule has 0 fully saturated rings. The Balaban J connectivity index is 1.58. The van der Waals surface area contributed by atoms with Gasteiger partial charge in [0.25, 0.3) is 5.91 Å². The summed E-state index contributed by atoms with van der Waals surface area (Å²) in [5, 5.41) is 5.48. The summed E-state index contributed by atoms with van der Waals surface area (Å²) in [4.78, 5) is 13.3. The summed E-state index contributed by atoms with van der Waals surface area (Å²) in [7, 11) is 0. The van der Waals surface area contributed by atoms with Gasteiger partial charge in [-0.2, -0.15) is 0 Å². The monoisotopic (exact) mass is 409 g/mol. The minimum atomic E-state index is -0.573. The quantitative estimate of drug-likeness (QED) is 0.394. The van der Waals surface area contributed by atoms with E-state index in [-0.39, 0.29) is 11.9 Å². The Morgan fingerprint density at radius 1 is 0.839 bits per heavy atom. The van der Waals surface area contributed by atoms with Gasteiger partial charge in [-0.3, -0.25) is 4.79 Å². The predicted molar refractivity (Wildman–Crippen MR) is 126 cm³/mol. The summed E-state index contributed by atoms with van der Waals surface area (Å²) in [5.41, 5.74) is 3.27. The molecule has 0 heterocycles. The number of aryl methyl sites for hydroxylation is 1. The summed E-state index contributed by atoms with van der Waals surface area (Å²) >= 11 is 0. The Labute approximate surface area is 183 Å². The standard InChI is InChI=1S/C28H27NO2/c1-3-26(31-24-18-17-21-12-8-9-15-23(21)19-24)28(30)29-27(22-13-5-4-6-14-22)25-16-10-7-11-20(25)2/h4-19,26-27H,3H2,1-2H3,(H,29,30). The molecule has 0 saturated carbocycles. The maximum atomic E-state index is 13.3. The summed E-state index contributed by atoms with van der Waals surface area (Å²) < 4.78 is 6.12. The highest BCUT2D eigenvalue weighted by atomic mass is 16.5. The minimum absolute atomic E-state index is 0.118. The maximum absolute atomic E-state index is 13.3. The van der Waals surface area contributed by atoms with E-state index in [1.807, 2.05) is 85.8 Å². The zero-order valence-corrected chi connectivity index (χ0v) is 17.9. The number of hydrogen-bond acceptors (Lipinski definition) is 2. The van der Waals surface area contributed by atoms with Gasteiger partial charge in [0.15, 0.2) is 6.10 Å². The summed E-state index contributed by atoms with van der Waals surface area (Å²) in [5.74, 6) is 0.584.